The maximum Gasteiger partial charge on any atom is 0.187 e. The zero-order valence-electron chi connectivity index (χ0n) is 28.8. The minimum Gasteiger partial charge on any atom is -0.394 e. The summed E-state index contributed by atoms with van der Waals surface area (Å²) in [6, 6.07) is 0. The summed E-state index contributed by atoms with van der Waals surface area (Å²) in [5.41, 5.74) is 0. The standard InChI is InChI=1S/C30H50O25/c31-1-6-11(34)13(36)18(41)28(48-6)55-25-10-5-47-27-21(44)16(39)23(7(2-32)50-27)53-29-19(42)14(37)12(35)9(51-29)4-46-26-20(43)15(38)24(8(3-33)49-26)54-30(52-10)22(45)17(25)40/h6-45H,1-5H2/t6-,7-,8-,9-,10-,11-,12-,13+,14+,15-,16-,17-,18-,19-,20-,21-,22-,23-,24-,25-,26+,27+,28-,29-,30-/m1/s1. The predicted molar refractivity (Wildman–Crippen MR) is 163 cm³/mol. The Morgan fingerprint density at radius 3 is 1.31 bits per heavy atom. The van der Waals surface area contributed by atoms with Crippen molar-refractivity contribution in [3.05, 3.63) is 0 Å². The molecule has 0 aliphatic carbocycles. The van der Waals surface area contributed by atoms with E-state index >= 15 is 0 Å². The van der Waals surface area contributed by atoms with Gasteiger partial charge in [-0.2, -0.15) is 0 Å². The third-order valence-corrected chi connectivity index (χ3v) is 10.5. The molecule has 0 aromatic rings. The molecule has 0 amide bonds. The molecule has 9 aliphatic rings. The van der Waals surface area contributed by atoms with Gasteiger partial charge in [0.15, 0.2) is 31.5 Å². The van der Waals surface area contributed by atoms with Crippen molar-refractivity contribution in [2.24, 2.45) is 0 Å². The SMILES string of the molecule is OC[C@H]1O[C@H](O[C@H]2[C@H](O)[C@@H](O)[C@H]3O[C@H]4[C@H](O)[C@@H](O)[C@@H](OC[C@H]5O[C@H](O[C@H]6[C@H](O)[C@@H](O)[C@@H](OC[C@H]2O3)O[C@@H]6CO)[C@H](O)[C@@H](O)[C@@H]5O)O[C@@H]4CO)[C@H](O)[C@@H](O)[C@@H]1O. The van der Waals surface area contributed by atoms with Crippen molar-refractivity contribution < 1.29 is 124 Å². The summed E-state index contributed by atoms with van der Waals surface area (Å²) in [5, 5.41) is 159. The lowest BCUT2D eigenvalue weighted by Crippen LogP contribution is -2.67. The number of rotatable bonds is 5. The molecule has 55 heavy (non-hydrogen) atoms. The molecule has 9 heterocycles. The van der Waals surface area contributed by atoms with E-state index in [1.54, 1.807) is 0 Å². The van der Waals surface area contributed by atoms with Gasteiger partial charge in [-0.3, -0.25) is 0 Å². The van der Waals surface area contributed by atoms with E-state index in [1.165, 1.54) is 0 Å². The molecule has 0 aromatic carbocycles. The zero-order chi connectivity index (χ0) is 40.0. The minimum atomic E-state index is -2.10. The van der Waals surface area contributed by atoms with Crippen LogP contribution in [0.3, 0.4) is 0 Å². The van der Waals surface area contributed by atoms with Crippen LogP contribution in [0.2, 0.25) is 0 Å². The monoisotopic (exact) mass is 810 g/mol. The van der Waals surface area contributed by atoms with Crippen molar-refractivity contribution in [3.63, 3.8) is 0 Å². The molecule has 9 saturated heterocycles. The Balaban J connectivity index is 1.31. The molecule has 9 rings (SSSR count). The summed E-state index contributed by atoms with van der Waals surface area (Å²) in [6.07, 6.45) is -45.8. The molecule has 25 nitrogen and oxygen atoms in total. The van der Waals surface area contributed by atoms with Crippen molar-refractivity contribution in [3.8, 4) is 0 Å². The summed E-state index contributed by atoms with van der Waals surface area (Å²) in [7, 11) is 0. The molecule has 320 valence electrons. The molecular weight excluding hydrogens is 760 g/mol. The van der Waals surface area contributed by atoms with Gasteiger partial charge in [0.25, 0.3) is 0 Å². The molecular formula is C30H50O25. The zero-order valence-corrected chi connectivity index (χ0v) is 28.8. The summed E-state index contributed by atoms with van der Waals surface area (Å²) < 4.78 is 56.4. The van der Waals surface area contributed by atoms with Gasteiger partial charge in [0.2, 0.25) is 0 Å². The van der Waals surface area contributed by atoms with Crippen LogP contribution in [0.15, 0.2) is 0 Å². The first-order chi connectivity index (χ1) is 26.1. The molecule has 8 bridgehead atoms. The Morgan fingerprint density at radius 1 is 0.364 bits per heavy atom. The van der Waals surface area contributed by atoms with Gasteiger partial charge in [-0.15, -0.1) is 0 Å². The van der Waals surface area contributed by atoms with Crippen LogP contribution in [0, 0.1) is 0 Å². The third kappa shape index (κ3) is 8.55. The molecule has 0 unspecified atom stereocenters. The lowest BCUT2D eigenvalue weighted by atomic mass is 9.95. The second-order valence-electron chi connectivity index (χ2n) is 14.1. The Kier molecular flexibility index (Phi) is 14.3. The van der Waals surface area contributed by atoms with E-state index in [-0.39, 0.29) is 0 Å². The van der Waals surface area contributed by atoms with Crippen LogP contribution in [-0.4, -0.2) is 263 Å². The van der Waals surface area contributed by atoms with E-state index in [0.29, 0.717) is 0 Å². The lowest BCUT2D eigenvalue weighted by molar-refractivity contribution is -0.392. The first-order valence-electron chi connectivity index (χ1n) is 17.6. The van der Waals surface area contributed by atoms with Crippen LogP contribution >= 0.6 is 0 Å². The van der Waals surface area contributed by atoms with E-state index in [4.69, 9.17) is 47.4 Å². The Morgan fingerprint density at radius 2 is 0.800 bits per heavy atom. The molecule has 0 radical (unpaired) electrons. The molecule has 15 N–H and O–H groups in total. The van der Waals surface area contributed by atoms with Gasteiger partial charge >= 0.3 is 0 Å². The molecule has 0 aromatic heterocycles. The first kappa shape index (κ1) is 43.6. The largest absolute Gasteiger partial charge is 0.394 e. The van der Waals surface area contributed by atoms with Crippen molar-refractivity contribution in [2.45, 2.75) is 154 Å². The maximum absolute atomic E-state index is 11.3. The van der Waals surface area contributed by atoms with E-state index < -0.39 is 187 Å². The maximum atomic E-state index is 11.3. The van der Waals surface area contributed by atoms with Gasteiger partial charge in [0, 0.05) is 0 Å². The Labute approximate surface area is 310 Å². The quantitative estimate of drug-likeness (QED) is 0.123. The van der Waals surface area contributed by atoms with E-state index in [2.05, 4.69) is 0 Å². The summed E-state index contributed by atoms with van der Waals surface area (Å²) in [4.78, 5) is 0. The smallest absolute Gasteiger partial charge is 0.187 e. The average Bonchev–Trinajstić information content (AvgIpc) is 3.17. The minimum absolute atomic E-state index is 0.719. The topological polar surface area (TPSA) is 396 Å². The van der Waals surface area contributed by atoms with E-state index in [0.717, 1.165) is 0 Å². The third-order valence-electron chi connectivity index (χ3n) is 10.5. The summed E-state index contributed by atoms with van der Waals surface area (Å²) in [6.45, 7) is -4.18. The van der Waals surface area contributed by atoms with Crippen LogP contribution in [-0.2, 0) is 47.4 Å². The van der Waals surface area contributed by atoms with Gasteiger partial charge in [-0.1, -0.05) is 0 Å². The normalized spacial score (nSPS) is 55.6. The highest BCUT2D eigenvalue weighted by atomic mass is 16.8. The fourth-order valence-corrected chi connectivity index (χ4v) is 7.23. The van der Waals surface area contributed by atoms with Crippen molar-refractivity contribution >= 4 is 0 Å². The molecule has 0 saturated carbocycles. The highest BCUT2D eigenvalue weighted by Crippen LogP contribution is 2.35. The molecule has 0 spiro atoms. The number of hydrogen-bond acceptors (Lipinski definition) is 25. The van der Waals surface area contributed by atoms with E-state index in [9.17, 15) is 76.6 Å². The summed E-state index contributed by atoms with van der Waals surface area (Å²) >= 11 is 0. The Hall–Kier alpha value is -1.00. The highest BCUT2D eigenvalue weighted by Gasteiger charge is 2.56. The van der Waals surface area contributed by atoms with Gasteiger partial charge in [0.05, 0.1) is 33.0 Å². The second-order valence-corrected chi connectivity index (χ2v) is 14.1. The number of aliphatic hydroxyl groups excluding tert-OH is 15. The molecule has 9 fully saturated rings. The average molecular weight is 811 g/mol. The summed E-state index contributed by atoms with van der Waals surface area (Å²) in [5.74, 6) is 0. The predicted octanol–water partition coefficient (Wildman–Crippen LogP) is -10.9. The number of hydrogen-bond donors (Lipinski definition) is 15. The van der Waals surface area contributed by atoms with Gasteiger partial charge in [-0.05, 0) is 0 Å². The van der Waals surface area contributed by atoms with Crippen LogP contribution in [0.25, 0.3) is 0 Å². The van der Waals surface area contributed by atoms with Crippen molar-refractivity contribution in [2.75, 3.05) is 33.0 Å². The molecule has 25 atom stereocenters. The fraction of sp³-hybridized carbons (Fsp3) is 1.00. The first-order valence-corrected chi connectivity index (χ1v) is 17.6. The van der Waals surface area contributed by atoms with Crippen molar-refractivity contribution in [1.82, 2.24) is 0 Å². The van der Waals surface area contributed by atoms with Crippen LogP contribution in [0.1, 0.15) is 0 Å². The number of ether oxygens (including phenoxy) is 10. The lowest BCUT2D eigenvalue weighted by Gasteiger charge is -2.49. The number of aliphatic hydroxyl groups is 15. The van der Waals surface area contributed by atoms with Crippen molar-refractivity contribution in [1.29, 1.82) is 0 Å². The fourth-order valence-electron chi connectivity index (χ4n) is 7.23. The van der Waals surface area contributed by atoms with Gasteiger partial charge in [0.1, 0.15) is 122 Å². The molecule has 9 aliphatic heterocycles. The van der Waals surface area contributed by atoms with E-state index in [1.807, 2.05) is 0 Å². The van der Waals surface area contributed by atoms with Crippen LogP contribution < -0.4 is 0 Å². The van der Waals surface area contributed by atoms with Crippen LogP contribution in [0.4, 0.5) is 0 Å². The highest BCUT2D eigenvalue weighted by molar-refractivity contribution is 4.98. The second kappa shape index (κ2) is 18.1. The molecule has 25 heteroatoms. The van der Waals surface area contributed by atoms with Gasteiger partial charge < -0.3 is 124 Å². The Bertz CT molecular complexity index is 1220. The van der Waals surface area contributed by atoms with Gasteiger partial charge in [-0.25, -0.2) is 0 Å². The van der Waals surface area contributed by atoms with Crippen LogP contribution in [0.5, 0.6) is 0 Å².